The summed E-state index contributed by atoms with van der Waals surface area (Å²) in [6.45, 7) is 1.20. The number of nitrogens with two attached hydrogens (primary N) is 1. The molecular weight excluding hydrogens is 210 g/mol. The second-order valence-electron chi connectivity index (χ2n) is 4.41. The van der Waals surface area contributed by atoms with Crippen LogP contribution >= 0.6 is 0 Å². The van der Waals surface area contributed by atoms with Gasteiger partial charge in [0.2, 0.25) is 0 Å². The van der Waals surface area contributed by atoms with E-state index < -0.39 is 5.92 Å². The fraction of sp³-hybridized carbons (Fsp3) is 0.500. The van der Waals surface area contributed by atoms with Gasteiger partial charge in [-0.15, -0.1) is 0 Å². The normalized spacial score (nSPS) is 20.9. The third kappa shape index (κ3) is 2.92. The number of nitrogens with zero attached hydrogens (tertiary/aromatic N) is 1. The second-order valence-corrected chi connectivity index (χ2v) is 4.41. The van der Waals surface area contributed by atoms with Gasteiger partial charge >= 0.3 is 0 Å². The molecule has 0 aromatic heterocycles. The minimum atomic E-state index is -2.52. The highest BCUT2D eigenvalue weighted by atomic mass is 19.3. The number of rotatable bonds is 2. The molecule has 1 saturated heterocycles. The Labute approximate surface area is 94.0 Å². The Morgan fingerprint density at radius 3 is 2.56 bits per heavy atom. The fourth-order valence-corrected chi connectivity index (χ4v) is 2.06. The van der Waals surface area contributed by atoms with Gasteiger partial charge in [-0.3, -0.25) is 4.90 Å². The Morgan fingerprint density at radius 2 is 1.94 bits per heavy atom. The first-order chi connectivity index (χ1) is 7.55. The molecule has 0 saturated carbocycles. The molecular formula is C12H16F2N2. The van der Waals surface area contributed by atoms with E-state index in [1.54, 1.807) is 17.0 Å². The number of halogens is 2. The average Bonchev–Trinajstić information content (AvgIpc) is 2.20. The Balaban J connectivity index is 1.97. The third-order valence-corrected chi connectivity index (χ3v) is 2.86. The Bertz CT molecular complexity index is 349. The van der Waals surface area contributed by atoms with Gasteiger partial charge in [-0.1, -0.05) is 12.1 Å². The van der Waals surface area contributed by atoms with Crippen molar-refractivity contribution in [2.45, 2.75) is 25.3 Å². The van der Waals surface area contributed by atoms with E-state index in [0.717, 1.165) is 12.1 Å². The van der Waals surface area contributed by atoms with E-state index in [1.807, 2.05) is 12.1 Å². The first-order valence-corrected chi connectivity index (χ1v) is 5.50. The van der Waals surface area contributed by atoms with Gasteiger partial charge in [-0.2, -0.15) is 0 Å². The number of hydrogen-bond acceptors (Lipinski definition) is 2. The monoisotopic (exact) mass is 226 g/mol. The van der Waals surface area contributed by atoms with Crippen LogP contribution in [0.25, 0.3) is 0 Å². The molecule has 0 atom stereocenters. The van der Waals surface area contributed by atoms with Crippen molar-refractivity contribution in [3.05, 3.63) is 29.8 Å². The molecule has 1 aliphatic heterocycles. The quantitative estimate of drug-likeness (QED) is 0.785. The maximum absolute atomic E-state index is 13.2. The summed E-state index contributed by atoms with van der Waals surface area (Å²) in [6.07, 6.45) is 0.590. The summed E-state index contributed by atoms with van der Waals surface area (Å²) in [6, 6.07) is 7.39. The number of benzene rings is 1. The van der Waals surface area contributed by atoms with Crippen molar-refractivity contribution < 1.29 is 8.78 Å². The van der Waals surface area contributed by atoms with Crippen molar-refractivity contribution in [3.63, 3.8) is 0 Å². The Hall–Kier alpha value is -1.16. The third-order valence-electron chi connectivity index (χ3n) is 2.86. The van der Waals surface area contributed by atoms with E-state index in [1.165, 1.54) is 0 Å². The van der Waals surface area contributed by atoms with E-state index in [9.17, 15) is 8.78 Å². The predicted molar refractivity (Wildman–Crippen MR) is 60.3 cm³/mol. The first-order valence-electron chi connectivity index (χ1n) is 5.50. The van der Waals surface area contributed by atoms with Crippen LogP contribution in [0.4, 0.5) is 14.5 Å². The zero-order valence-electron chi connectivity index (χ0n) is 9.13. The van der Waals surface area contributed by atoms with Gasteiger partial charge in [0.25, 0.3) is 5.92 Å². The Morgan fingerprint density at radius 1 is 1.25 bits per heavy atom. The molecule has 2 rings (SSSR count). The highest BCUT2D eigenvalue weighted by Crippen LogP contribution is 2.27. The molecule has 88 valence electrons. The maximum atomic E-state index is 13.2. The van der Waals surface area contributed by atoms with Crippen LogP contribution in [0.5, 0.6) is 0 Å². The van der Waals surface area contributed by atoms with Crippen LogP contribution in [0, 0.1) is 0 Å². The van der Waals surface area contributed by atoms with Gasteiger partial charge in [0, 0.05) is 18.7 Å². The van der Waals surface area contributed by atoms with Crippen molar-refractivity contribution in [1.29, 1.82) is 0 Å². The van der Waals surface area contributed by atoms with Crippen LogP contribution in [0.15, 0.2) is 24.3 Å². The first kappa shape index (κ1) is 11.3. The van der Waals surface area contributed by atoms with Crippen molar-refractivity contribution in [2.24, 2.45) is 0 Å². The van der Waals surface area contributed by atoms with Crippen LogP contribution in [0.3, 0.4) is 0 Å². The van der Waals surface area contributed by atoms with Gasteiger partial charge in [0.05, 0.1) is 6.54 Å². The summed E-state index contributed by atoms with van der Waals surface area (Å²) in [5, 5.41) is 0. The summed E-state index contributed by atoms with van der Waals surface area (Å²) in [5.74, 6) is -2.52. The molecule has 0 bridgehead atoms. The number of likely N-dealkylation sites (tertiary alicyclic amines) is 1. The van der Waals surface area contributed by atoms with Gasteiger partial charge in [0.15, 0.2) is 0 Å². The number of anilines is 1. The number of nitrogen functional groups attached to an aromatic ring is 1. The highest BCUT2D eigenvalue weighted by molar-refractivity contribution is 5.39. The average molecular weight is 226 g/mol. The summed E-state index contributed by atoms with van der Waals surface area (Å²) in [4.78, 5) is 1.80. The van der Waals surface area contributed by atoms with Crippen molar-refractivity contribution in [2.75, 3.05) is 18.8 Å². The van der Waals surface area contributed by atoms with Gasteiger partial charge < -0.3 is 5.73 Å². The summed E-state index contributed by atoms with van der Waals surface area (Å²) in [7, 11) is 0. The summed E-state index contributed by atoms with van der Waals surface area (Å²) < 4.78 is 26.3. The summed E-state index contributed by atoms with van der Waals surface area (Å²) >= 11 is 0. The standard InChI is InChI=1S/C12H16F2N2/c13-12(14)6-1-7-16(9-12)8-10-2-4-11(15)5-3-10/h2-5H,1,6-9,15H2. The van der Waals surface area contributed by atoms with E-state index in [2.05, 4.69) is 0 Å². The SMILES string of the molecule is Nc1ccc(CN2CCCC(F)(F)C2)cc1. The molecule has 1 heterocycles. The fourth-order valence-electron chi connectivity index (χ4n) is 2.06. The number of hydrogen-bond donors (Lipinski definition) is 1. The lowest BCUT2D eigenvalue weighted by Gasteiger charge is -2.32. The largest absolute Gasteiger partial charge is 0.399 e. The zero-order chi connectivity index (χ0) is 11.6. The highest BCUT2D eigenvalue weighted by Gasteiger charge is 2.34. The van der Waals surface area contributed by atoms with E-state index in [-0.39, 0.29) is 13.0 Å². The lowest BCUT2D eigenvalue weighted by Crippen LogP contribution is -2.41. The van der Waals surface area contributed by atoms with Crippen LogP contribution in [0.2, 0.25) is 0 Å². The molecule has 1 fully saturated rings. The van der Waals surface area contributed by atoms with Crippen molar-refractivity contribution >= 4 is 5.69 Å². The number of piperidine rings is 1. The molecule has 0 spiro atoms. The van der Waals surface area contributed by atoms with E-state index >= 15 is 0 Å². The van der Waals surface area contributed by atoms with Gasteiger partial charge in [0.1, 0.15) is 0 Å². The topological polar surface area (TPSA) is 29.3 Å². The van der Waals surface area contributed by atoms with E-state index in [0.29, 0.717) is 18.7 Å². The smallest absolute Gasteiger partial charge is 0.260 e. The molecule has 16 heavy (non-hydrogen) atoms. The molecule has 2 nitrogen and oxygen atoms in total. The minimum absolute atomic E-state index is 0.0191. The van der Waals surface area contributed by atoms with Crippen molar-refractivity contribution in [3.8, 4) is 0 Å². The molecule has 0 radical (unpaired) electrons. The molecule has 0 unspecified atom stereocenters. The van der Waals surface area contributed by atoms with Crippen LogP contribution < -0.4 is 5.73 Å². The zero-order valence-corrected chi connectivity index (χ0v) is 9.13. The van der Waals surface area contributed by atoms with Crippen molar-refractivity contribution in [1.82, 2.24) is 4.90 Å². The Kier molecular flexibility index (Phi) is 3.10. The molecule has 1 aromatic carbocycles. The van der Waals surface area contributed by atoms with Crippen LogP contribution in [-0.4, -0.2) is 23.9 Å². The molecule has 2 N–H and O–H groups in total. The maximum Gasteiger partial charge on any atom is 0.260 e. The minimum Gasteiger partial charge on any atom is -0.399 e. The molecule has 4 heteroatoms. The lowest BCUT2D eigenvalue weighted by molar-refractivity contribution is -0.0661. The predicted octanol–water partition coefficient (Wildman–Crippen LogP) is 2.50. The van der Waals surface area contributed by atoms with Gasteiger partial charge in [-0.05, 0) is 30.7 Å². The number of alkyl halides is 2. The van der Waals surface area contributed by atoms with E-state index in [4.69, 9.17) is 5.73 Å². The summed E-state index contributed by atoms with van der Waals surface area (Å²) in [5.41, 5.74) is 7.31. The molecule has 1 aromatic rings. The van der Waals surface area contributed by atoms with Crippen LogP contribution in [0.1, 0.15) is 18.4 Å². The molecule has 0 aliphatic carbocycles. The second kappa shape index (κ2) is 4.37. The van der Waals surface area contributed by atoms with Crippen LogP contribution in [-0.2, 0) is 6.54 Å². The molecule has 0 amide bonds. The van der Waals surface area contributed by atoms with Gasteiger partial charge in [-0.25, -0.2) is 8.78 Å². The molecule has 1 aliphatic rings. The lowest BCUT2D eigenvalue weighted by atomic mass is 10.1.